The molecule has 0 heterocycles. The fourth-order valence-corrected chi connectivity index (χ4v) is 2.87. The van der Waals surface area contributed by atoms with Crippen LogP contribution in [0.3, 0.4) is 0 Å². The SMILES string of the molecule is COc1cc(/C=C/C(=O)N(C)Cc2ccccc2)ccc1OCc1ccccc1. The molecule has 0 spiro atoms. The van der Waals surface area contributed by atoms with E-state index in [1.165, 1.54) is 0 Å². The van der Waals surface area contributed by atoms with E-state index < -0.39 is 0 Å². The van der Waals surface area contributed by atoms with Crippen LogP contribution in [0.4, 0.5) is 0 Å². The summed E-state index contributed by atoms with van der Waals surface area (Å²) >= 11 is 0. The summed E-state index contributed by atoms with van der Waals surface area (Å²) in [6, 6.07) is 25.5. The Balaban J connectivity index is 1.62. The molecule has 0 fully saturated rings. The molecule has 0 aliphatic carbocycles. The largest absolute Gasteiger partial charge is 0.493 e. The normalized spacial score (nSPS) is 10.7. The van der Waals surface area contributed by atoms with Crippen molar-refractivity contribution in [3.05, 3.63) is 102 Å². The smallest absolute Gasteiger partial charge is 0.246 e. The van der Waals surface area contributed by atoms with Crippen molar-refractivity contribution in [2.24, 2.45) is 0 Å². The van der Waals surface area contributed by atoms with Crippen LogP contribution in [-0.4, -0.2) is 25.0 Å². The molecule has 0 radical (unpaired) electrons. The van der Waals surface area contributed by atoms with E-state index in [-0.39, 0.29) is 5.91 Å². The third-order valence-corrected chi connectivity index (χ3v) is 4.48. The molecule has 4 heteroatoms. The van der Waals surface area contributed by atoms with Crippen molar-refractivity contribution in [1.82, 2.24) is 4.90 Å². The molecule has 29 heavy (non-hydrogen) atoms. The first-order valence-electron chi connectivity index (χ1n) is 9.47. The molecule has 3 aromatic rings. The monoisotopic (exact) mass is 387 g/mol. The van der Waals surface area contributed by atoms with Gasteiger partial charge in [-0.1, -0.05) is 66.7 Å². The van der Waals surface area contributed by atoms with Crippen LogP contribution in [0.5, 0.6) is 11.5 Å². The molecule has 0 bridgehead atoms. The zero-order valence-corrected chi connectivity index (χ0v) is 16.7. The lowest BCUT2D eigenvalue weighted by atomic mass is 10.1. The third kappa shape index (κ3) is 5.98. The quantitative estimate of drug-likeness (QED) is 0.514. The summed E-state index contributed by atoms with van der Waals surface area (Å²) in [4.78, 5) is 14.1. The predicted octanol–water partition coefficient (Wildman–Crippen LogP) is 4.95. The Morgan fingerprint density at radius 3 is 2.21 bits per heavy atom. The summed E-state index contributed by atoms with van der Waals surface area (Å²) in [5.74, 6) is 1.24. The average Bonchev–Trinajstić information content (AvgIpc) is 2.77. The highest BCUT2D eigenvalue weighted by molar-refractivity contribution is 5.91. The van der Waals surface area contributed by atoms with E-state index in [0.29, 0.717) is 24.7 Å². The Bertz CT molecular complexity index is 952. The number of nitrogens with zero attached hydrogens (tertiary/aromatic N) is 1. The van der Waals surface area contributed by atoms with E-state index >= 15 is 0 Å². The van der Waals surface area contributed by atoms with Crippen LogP contribution in [-0.2, 0) is 17.9 Å². The number of amides is 1. The highest BCUT2D eigenvalue weighted by Gasteiger charge is 2.08. The number of hydrogen-bond acceptors (Lipinski definition) is 3. The van der Waals surface area contributed by atoms with Crippen molar-refractivity contribution in [3.63, 3.8) is 0 Å². The summed E-state index contributed by atoms with van der Waals surface area (Å²) in [6.45, 7) is 1.04. The van der Waals surface area contributed by atoms with Gasteiger partial charge in [0.15, 0.2) is 11.5 Å². The lowest BCUT2D eigenvalue weighted by molar-refractivity contribution is -0.125. The van der Waals surface area contributed by atoms with Crippen molar-refractivity contribution >= 4 is 12.0 Å². The molecule has 1 amide bonds. The topological polar surface area (TPSA) is 38.8 Å². The molecule has 3 rings (SSSR count). The van der Waals surface area contributed by atoms with E-state index in [1.807, 2.05) is 78.9 Å². The highest BCUT2D eigenvalue weighted by Crippen LogP contribution is 2.29. The number of carbonyl (C=O) groups is 1. The molecule has 148 valence electrons. The summed E-state index contributed by atoms with van der Waals surface area (Å²) in [5, 5.41) is 0. The van der Waals surface area contributed by atoms with E-state index in [0.717, 1.165) is 16.7 Å². The van der Waals surface area contributed by atoms with Gasteiger partial charge in [-0.25, -0.2) is 0 Å². The number of hydrogen-bond donors (Lipinski definition) is 0. The Hall–Kier alpha value is -3.53. The van der Waals surface area contributed by atoms with Crippen molar-refractivity contribution in [2.75, 3.05) is 14.2 Å². The zero-order chi connectivity index (χ0) is 20.5. The number of benzene rings is 3. The highest BCUT2D eigenvalue weighted by atomic mass is 16.5. The first-order valence-corrected chi connectivity index (χ1v) is 9.47. The van der Waals surface area contributed by atoms with Crippen LogP contribution in [0.2, 0.25) is 0 Å². The molecule has 0 aliphatic heterocycles. The average molecular weight is 387 g/mol. The van der Waals surface area contributed by atoms with Gasteiger partial charge in [0, 0.05) is 19.7 Å². The number of rotatable bonds is 8. The predicted molar refractivity (Wildman–Crippen MR) is 116 cm³/mol. The summed E-state index contributed by atoms with van der Waals surface area (Å²) in [7, 11) is 3.40. The van der Waals surface area contributed by atoms with Crippen molar-refractivity contribution in [2.45, 2.75) is 13.2 Å². The van der Waals surface area contributed by atoms with Crippen molar-refractivity contribution < 1.29 is 14.3 Å². The third-order valence-electron chi connectivity index (χ3n) is 4.48. The molecule has 0 atom stereocenters. The molecule has 0 N–H and O–H groups in total. The van der Waals surface area contributed by atoms with Gasteiger partial charge in [0.25, 0.3) is 0 Å². The minimum atomic E-state index is -0.0581. The van der Waals surface area contributed by atoms with Gasteiger partial charge >= 0.3 is 0 Å². The first-order chi connectivity index (χ1) is 14.2. The lowest BCUT2D eigenvalue weighted by Gasteiger charge is -2.15. The second-order valence-electron chi connectivity index (χ2n) is 6.70. The van der Waals surface area contributed by atoms with Gasteiger partial charge in [-0.05, 0) is 34.9 Å². The number of carbonyl (C=O) groups excluding carboxylic acids is 1. The van der Waals surface area contributed by atoms with Gasteiger partial charge in [-0.2, -0.15) is 0 Å². The fraction of sp³-hybridized carbons (Fsp3) is 0.160. The molecule has 3 aromatic carbocycles. The lowest BCUT2D eigenvalue weighted by Crippen LogP contribution is -2.24. The van der Waals surface area contributed by atoms with Crippen LogP contribution in [0, 0.1) is 0 Å². The second-order valence-corrected chi connectivity index (χ2v) is 6.70. The summed E-state index contributed by atoms with van der Waals surface area (Å²) in [5.41, 5.74) is 3.05. The van der Waals surface area contributed by atoms with Crippen molar-refractivity contribution in [1.29, 1.82) is 0 Å². The zero-order valence-electron chi connectivity index (χ0n) is 16.7. The summed E-state index contributed by atoms with van der Waals surface area (Å²) in [6.07, 6.45) is 3.36. The first kappa shape index (κ1) is 20.2. The standard InChI is InChI=1S/C25H25NO3/c1-26(18-21-9-5-3-6-10-21)25(27)16-14-20-13-15-23(24(17-20)28-2)29-19-22-11-7-4-8-12-22/h3-17H,18-19H2,1-2H3/b16-14+. The van der Waals surface area contributed by atoms with Crippen LogP contribution in [0.15, 0.2) is 84.9 Å². The van der Waals surface area contributed by atoms with E-state index in [9.17, 15) is 4.79 Å². The number of ether oxygens (including phenoxy) is 2. The fourth-order valence-electron chi connectivity index (χ4n) is 2.87. The molecule has 4 nitrogen and oxygen atoms in total. The van der Waals surface area contributed by atoms with Crippen LogP contribution in [0.1, 0.15) is 16.7 Å². The van der Waals surface area contributed by atoms with Crippen molar-refractivity contribution in [3.8, 4) is 11.5 Å². The minimum absolute atomic E-state index is 0.0581. The molecule has 0 saturated carbocycles. The number of likely N-dealkylation sites (N-methyl/N-ethyl adjacent to an activating group) is 1. The van der Waals surface area contributed by atoms with Crippen LogP contribution < -0.4 is 9.47 Å². The molecule has 0 aromatic heterocycles. The molecule has 0 aliphatic rings. The van der Waals surface area contributed by atoms with Crippen LogP contribution >= 0.6 is 0 Å². The molecule has 0 saturated heterocycles. The minimum Gasteiger partial charge on any atom is -0.493 e. The second kappa shape index (κ2) is 10.1. The van der Waals surface area contributed by atoms with Gasteiger partial charge in [0.05, 0.1) is 7.11 Å². The Morgan fingerprint density at radius 2 is 1.55 bits per heavy atom. The van der Waals surface area contributed by atoms with Gasteiger partial charge < -0.3 is 14.4 Å². The van der Waals surface area contributed by atoms with E-state index in [2.05, 4.69) is 0 Å². The van der Waals surface area contributed by atoms with E-state index in [4.69, 9.17) is 9.47 Å². The molecular formula is C25H25NO3. The van der Waals surface area contributed by atoms with Crippen LogP contribution in [0.25, 0.3) is 6.08 Å². The maximum Gasteiger partial charge on any atom is 0.246 e. The van der Waals surface area contributed by atoms with E-state index in [1.54, 1.807) is 31.2 Å². The Kier molecular flexibility index (Phi) is 7.06. The summed E-state index contributed by atoms with van der Waals surface area (Å²) < 4.78 is 11.3. The van der Waals surface area contributed by atoms with Gasteiger partial charge in [-0.3, -0.25) is 4.79 Å². The Labute approximate surface area is 172 Å². The maximum atomic E-state index is 12.4. The Morgan fingerprint density at radius 1 is 0.897 bits per heavy atom. The van der Waals surface area contributed by atoms with Gasteiger partial charge in [0.1, 0.15) is 6.61 Å². The molecular weight excluding hydrogens is 362 g/mol. The van der Waals surface area contributed by atoms with Gasteiger partial charge in [-0.15, -0.1) is 0 Å². The molecule has 0 unspecified atom stereocenters. The van der Waals surface area contributed by atoms with Gasteiger partial charge in [0.2, 0.25) is 5.91 Å². The maximum absolute atomic E-state index is 12.4. The number of methoxy groups -OCH3 is 1.